The first-order valence-electron chi connectivity index (χ1n) is 8.26. The highest BCUT2D eigenvalue weighted by molar-refractivity contribution is 7.99. The fourth-order valence-corrected chi connectivity index (χ4v) is 4.25. The van der Waals surface area contributed by atoms with Crippen LogP contribution in [0.2, 0.25) is 5.02 Å². The highest BCUT2D eigenvalue weighted by Crippen LogP contribution is 2.44. The highest BCUT2D eigenvalue weighted by Gasteiger charge is 2.24. The van der Waals surface area contributed by atoms with E-state index in [-0.39, 0.29) is 21.3 Å². The Morgan fingerprint density at radius 3 is 2.66 bits per heavy atom. The summed E-state index contributed by atoms with van der Waals surface area (Å²) < 4.78 is 32.6. The number of hydrogen-bond donors (Lipinski definition) is 2. The molecule has 0 atom stereocenters. The summed E-state index contributed by atoms with van der Waals surface area (Å²) in [4.78, 5) is 11.7. The van der Waals surface area contributed by atoms with Crippen molar-refractivity contribution in [2.75, 3.05) is 5.73 Å². The maximum absolute atomic E-state index is 14.9. The normalized spacial score (nSPS) is 11.3. The zero-order valence-electron chi connectivity index (χ0n) is 14.9. The van der Waals surface area contributed by atoms with Gasteiger partial charge in [0.05, 0.1) is 32.9 Å². The van der Waals surface area contributed by atoms with Crippen molar-refractivity contribution in [2.24, 2.45) is 7.05 Å². The Labute approximate surface area is 172 Å². The summed E-state index contributed by atoms with van der Waals surface area (Å²) in [6.45, 7) is 0. The number of fused-ring (bicyclic) bond motifs is 1. The fraction of sp³-hybridized carbons (Fsp3) is 0.0526. The van der Waals surface area contributed by atoms with Crippen LogP contribution >= 0.6 is 23.4 Å². The molecule has 0 unspecified atom stereocenters. The van der Waals surface area contributed by atoms with Crippen molar-refractivity contribution in [1.82, 2.24) is 14.3 Å². The van der Waals surface area contributed by atoms with Crippen molar-refractivity contribution in [3.05, 3.63) is 64.9 Å². The standard InChI is InChI=1S/C19H13ClF2N4O2S/c1-25-8-9(7-24-25)26-16-11(5-6-12(20)15(16)22)17(18(26)23)29-13-4-2-3-10(14(13)21)19(27)28/h2-8H,23H2,1H3,(H,27,28). The van der Waals surface area contributed by atoms with Crippen molar-refractivity contribution < 1.29 is 18.7 Å². The van der Waals surface area contributed by atoms with Crippen LogP contribution in [0.25, 0.3) is 16.6 Å². The molecule has 0 radical (unpaired) electrons. The van der Waals surface area contributed by atoms with E-state index in [9.17, 15) is 13.6 Å². The largest absolute Gasteiger partial charge is 0.478 e. The van der Waals surface area contributed by atoms with Crippen LogP contribution in [0.4, 0.5) is 14.6 Å². The zero-order chi connectivity index (χ0) is 20.9. The number of halogens is 3. The van der Waals surface area contributed by atoms with E-state index >= 15 is 0 Å². The molecule has 0 aliphatic heterocycles. The first kappa shape index (κ1) is 19.3. The van der Waals surface area contributed by atoms with E-state index < -0.39 is 23.2 Å². The summed E-state index contributed by atoms with van der Waals surface area (Å²) in [6.07, 6.45) is 3.16. The second-order valence-corrected chi connectivity index (χ2v) is 7.66. The van der Waals surface area contributed by atoms with Crippen molar-refractivity contribution in [1.29, 1.82) is 0 Å². The number of nitrogen functional groups attached to an aromatic ring is 1. The molecule has 0 saturated carbocycles. The van der Waals surface area contributed by atoms with Crippen LogP contribution < -0.4 is 5.73 Å². The predicted octanol–water partition coefficient (Wildman–Crippen LogP) is 4.73. The van der Waals surface area contributed by atoms with Gasteiger partial charge in [-0.3, -0.25) is 9.25 Å². The molecule has 2 aromatic heterocycles. The summed E-state index contributed by atoms with van der Waals surface area (Å²) in [6, 6.07) is 7.02. The number of aryl methyl sites for hydroxylation is 1. The highest BCUT2D eigenvalue weighted by atomic mass is 35.5. The minimum Gasteiger partial charge on any atom is -0.478 e. The van der Waals surface area contributed by atoms with Crippen LogP contribution in [0, 0.1) is 11.6 Å². The molecule has 4 aromatic rings. The predicted molar refractivity (Wildman–Crippen MR) is 107 cm³/mol. The lowest BCUT2D eigenvalue weighted by Crippen LogP contribution is -2.02. The summed E-state index contributed by atoms with van der Waals surface area (Å²) in [7, 11) is 1.71. The Balaban J connectivity index is 1.97. The Morgan fingerprint density at radius 1 is 1.24 bits per heavy atom. The number of aromatic carboxylic acids is 1. The minimum absolute atomic E-state index is 0.0530. The number of nitrogens with zero attached hydrogens (tertiary/aromatic N) is 3. The van der Waals surface area contributed by atoms with E-state index in [0.29, 0.717) is 16.0 Å². The van der Waals surface area contributed by atoms with Gasteiger partial charge < -0.3 is 10.8 Å². The molecule has 4 rings (SSSR count). The minimum atomic E-state index is -1.38. The maximum Gasteiger partial charge on any atom is 0.338 e. The average molecular weight is 435 g/mol. The van der Waals surface area contributed by atoms with Gasteiger partial charge in [0.2, 0.25) is 0 Å². The Hall–Kier alpha value is -3.04. The van der Waals surface area contributed by atoms with Gasteiger partial charge in [0.25, 0.3) is 0 Å². The number of carboxylic acids is 1. The van der Waals surface area contributed by atoms with Gasteiger partial charge in [0.15, 0.2) is 11.6 Å². The Kier molecular flexibility index (Phi) is 4.71. The summed E-state index contributed by atoms with van der Waals surface area (Å²) in [5.74, 6) is -2.79. The molecule has 0 amide bonds. The lowest BCUT2D eigenvalue weighted by molar-refractivity contribution is 0.0691. The van der Waals surface area contributed by atoms with Gasteiger partial charge in [0.1, 0.15) is 5.82 Å². The third-order valence-electron chi connectivity index (χ3n) is 4.37. The molecule has 6 nitrogen and oxygen atoms in total. The lowest BCUT2D eigenvalue weighted by Gasteiger charge is -2.07. The van der Waals surface area contributed by atoms with Crippen LogP contribution in [-0.2, 0) is 7.05 Å². The van der Waals surface area contributed by atoms with Crippen LogP contribution in [0.15, 0.2) is 52.5 Å². The van der Waals surface area contributed by atoms with E-state index in [1.165, 1.54) is 39.7 Å². The van der Waals surface area contributed by atoms with Crippen LogP contribution in [0.3, 0.4) is 0 Å². The Morgan fingerprint density at radius 2 is 2.00 bits per heavy atom. The SMILES string of the molecule is Cn1cc(-n2c(N)c(Sc3cccc(C(=O)O)c3F)c3ccc(Cl)c(F)c32)cn1. The van der Waals surface area contributed by atoms with Gasteiger partial charge in [-0.1, -0.05) is 29.4 Å². The molecule has 2 aromatic carbocycles. The molecule has 29 heavy (non-hydrogen) atoms. The number of aromatic nitrogens is 3. The second-order valence-electron chi connectivity index (χ2n) is 6.20. The van der Waals surface area contributed by atoms with Crippen molar-refractivity contribution >= 4 is 46.1 Å². The molecule has 2 heterocycles. The molecule has 0 bridgehead atoms. The first-order valence-corrected chi connectivity index (χ1v) is 9.45. The molecule has 0 fully saturated rings. The van der Waals surface area contributed by atoms with E-state index in [1.54, 1.807) is 19.3 Å². The maximum atomic E-state index is 14.9. The monoisotopic (exact) mass is 434 g/mol. The molecule has 148 valence electrons. The number of carbonyl (C=O) groups is 1. The molecular formula is C19H13ClF2N4O2S. The number of nitrogens with two attached hydrogens (primary N) is 1. The molecule has 10 heteroatoms. The number of anilines is 1. The Bertz CT molecular complexity index is 1290. The zero-order valence-corrected chi connectivity index (χ0v) is 16.4. The van der Waals surface area contributed by atoms with Gasteiger partial charge in [-0.05, 0) is 24.3 Å². The lowest BCUT2D eigenvalue weighted by atomic mass is 10.2. The van der Waals surface area contributed by atoms with E-state index in [4.69, 9.17) is 22.4 Å². The van der Waals surface area contributed by atoms with Crippen molar-refractivity contribution in [3.63, 3.8) is 0 Å². The quantitative estimate of drug-likeness (QED) is 0.485. The fourth-order valence-electron chi connectivity index (χ4n) is 3.07. The van der Waals surface area contributed by atoms with Gasteiger partial charge >= 0.3 is 5.97 Å². The van der Waals surface area contributed by atoms with Crippen LogP contribution in [0.5, 0.6) is 0 Å². The van der Waals surface area contributed by atoms with Crippen molar-refractivity contribution in [3.8, 4) is 5.69 Å². The third-order valence-corrected chi connectivity index (χ3v) is 5.83. The molecule has 0 aliphatic rings. The third kappa shape index (κ3) is 3.12. The second kappa shape index (κ2) is 7.09. The smallest absolute Gasteiger partial charge is 0.338 e. The van der Waals surface area contributed by atoms with E-state index in [1.807, 2.05) is 0 Å². The van der Waals surface area contributed by atoms with Gasteiger partial charge in [-0.15, -0.1) is 0 Å². The topological polar surface area (TPSA) is 86.1 Å². The number of rotatable bonds is 4. The molecule has 0 spiro atoms. The summed E-state index contributed by atoms with van der Waals surface area (Å²) >= 11 is 6.89. The van der Waals surface area contributed by atoms with E-state index in [2.05, 4.69) is 5.10 Å². The average Bonchev–Trinajstić information content (AvgIpc) is 3.21. The summed E-state index contributed by atoms with van der Waals surface area (Å²) in [5.41, 5.74) is 6.50. The number of benzene rings is 2. The molecule has 0 aliphatic carbocycles. The first-order chi connectivity index (χ1) is 13.8. The number of carboxylic acid groups (broad SMARTS) is 1. The van der Waals surface area contributed by atoms with Gasteiger partial charge in [0, 0.05) is 23.5 Å². The van der Waals surface area contributed by atoms with Crippen molar-refractivity contribution in [2.45, 2.75) is 9.79 Å². The molecular weight excluding hydrogens is 422 g/mol. The summed E-state index contributed by atoms with van der Waals surface area (Å²) in [5, 5.41) is 13.6. The van der Waals surface area contributed by atoms with Gasteiger partial charge in [-0.2, -0.15) is 5.10 Å². The molecule has 3 N–H and O–H groups in total. The molecule has 0 saturated heterocycles. The van der Waals surface area contributed by atoms with Crippen LogP contribution in [0.1, 0.15) is 10.4 Å². The van der Waals surface area contributed by atoms with E-state index in [0.717, 1.165) is 11.8 Å². The number of hydrogen-bond acceptors (Lipinski definition) is 4. The van der Waals surface area contributed by atoms with Gasteiger partial charge in [-0.25, -0.2) is 13.6 Å². The van der Waals surface area contributed by atoms with Crippen LogP contribution in [-0.4, -0.2) is 25.4 Å².